The molecule has 2 aromatic rings. The number of benzene rings is 1. The van der Waals surface area contributed by atoms with Crippen molar-refractivity contribution in [3.05, 3.63) is 46.2 Å². The van der Waals surface area contributed by atoms with Crippen molar-refractivity contribution in [3.63, 3.8) is 0 Å². The first-order valence-corrected chi connectivity index (χ1v) is 7.19. The first-order chi connectivity index (χ1) is 9.00. The van der Waals surface area contributed by atoms with Crippen molar-refractivity contribution < 1.29 is 13.9 Å². The summed E-state index contributed by atoms with van der Waals surface area (Å²) in [5, 5.41) is 13.9. The molecule has 1 nitrogen and oxygen atoms in total. The van der Waals surface area contributed by atoms with E-state index in [-0.39, 0.29) is 11.5 Å². The summed E-state index contributed by atoms with van der Waals surface area (Å²) in [6.07, 6.45) is 1.81. The minimum atomic E-state index is -1.14. The Morgan fingerprint density at radius 3 is 2.37 bits per heavy atom. The molecule has 0 spiro atoms. The second kappa shape index (κ2) is 4.39. The summed E-state index contributed by atoms with van der Waals surface area (Å²) in [6.45, 7) is 1.63. The van der Waals surface area contributed by atoms with Crippen molar-refractivity contribution in [2.75, 3.05) is 0 Å². The highest BCUT2D eigenvalue weighted by molar-refractivity contribution is 7.08. The third kappa shape index (κ3) is 2.19. The molecule has 0 amide bonds. The molecule has 1 saturated carbocycles. The lowest BCUT2D eigenvalue weighted by molar-refractivity contribution is 0.0325. The smallest absolute Gasteiger partial charge is 0.134 e. The molecule has 100 valence electrons. The largest absolute Gasteiger partial charge is 0.385 e. The van der Waals surface area contributed by atoms with Crippen molar-refractivity contribution >= 4 is 11.3 Å². The number of aliphatic hydroxyl groups is 1. The van der Waals surface area contributed by atoms with Gasteiger partial charge in [0, 0.05) is 0 Å². The van der Waals surface area contributed by atoms with Gasteiger partial charge in [-0.2, -0.15) is 11.3 Å². The van der Waals surface area contributed by atoms with Gasteiger partial charge in [0.15, 0.2) is 0 Å². The van der Waals surface area contributed by atoms with Crippen LogP contribution in [0.25, 0.3) is 11.1 Å². The van der Waals surface area contributed by atoms with Crippen LogP contribution in [0, 0.1) is 17.6 Å². The van der Waals surface area contributed by atoms with Gasteiger partial charge in [-0.15, -0.1) is 0 Å². The molecule has 0 aliphatic heterocycles. The molecule has 1 unspecified atom stereocenters. The first kappa shape index (κ1) is 12.8. The summed E-state index contributed by atoms with van der Waals surface area (Å²) in [4.78, 5) is 0. The molecule has 1 fully saturated rings. The van der Waals surface area contributed by atoms with Gasteiger partial charge in [-0.25, -0.2) is 8.78 Å². The molecule has 1 aromatic carbocycles. The topological polar surface area (TPSA) is 20.2 Å². The molecule has 1 N–H and O–H groups in total. The normalized spacial score (nSPS) is 18.3. The van der Waals surface area contributed by atoms with E-state index >= 15 is 0 Å². The highest BCUT2D eigenvalue weighted by Gasteiger charge is 2.41. The maximum absolute atomic E-state index is 14.1. The summed E-state index contributed by atoms with van der Waals surface area (Å²) < 4.78 is 28.3. The zero-order chi connectivity index (χ0) is 13.6. The van der Waals surface area contributed by atoms with E-state index in [2.05, 4.69) is 0 Å². The van der Waals surface area contributed by atoms with Crippen molar-refractivity contribution in [2.45, 2.75) is 25.4 Å². The first-order valence-electron chi connectivity index (χ1n) is 6.24. The van der Waals surface area contributed by atoms with E-state index in [1.807, 2.05) is 0 Å². The van der Waals surface area contributed by atoms with Crippen LogP contribution in [0.4, 0.5) is 8.78 Å². The van der Waals surface area contributed by atoms with Crippen LogP contribution in [-0.4, -0.2) is 5.11 Å². The molecule has 4 heteroatoms. The van der Waals surface area contributed by atoms with Gasteiger partial charge in [-0.3, -0.25) is 0 Å². The van der Waals surface area contributed by atoms with E-state index in [0.717, 1.165) is 12.8 Å². The fraction of sp³-hybridized carbons (Fsp3) is 0.333. The SMILES string of the molecule is CC(O)(c1cc(F)c(-c2ccsc2)c(F)c1)C1CC1. The van der Waals surface area contributed by atoms with Crippen molar-refractivity contribution in [1.82, 2.24) is 0 Å². The lowest BCUT2D eigenvalue weighted by atomic mass is 9.89. The fourth-order valence-electron chi connectivity index (χ4n) is 2.43. The van der Waals surface area contributed by atoms with E-state index in [0.29, 0.717) is 11.1 Å². The molecule has 19 heavy (non-hydrogen) atoms. The second-order valence-electron chi connectivity index (χ2n) is 5.25. The molecule has 3 rings (SSSR count). The Morgan fingerprint density at radius 1 is 1.26 bits per heavy atom. The quantitative estimate of drug-likeness (QED) is 0.888. The molecule has 1 atom stereocenters. The Balaban J connectivity index is 2.08. The van der Waals surface area contributed by atoms with Gasteiger partial charge in [0.1, 0.15) is 11.6 Å². The van der Waals surface area contributed by atoms with Gasteiger partial charge in [0.05, 0.1) is 11.2 Å². The second-order valence-corrected chi connectivity index (χ2v) is 6.03. The Kier molecular flexibility index (Phi) is 2.95. The van der Waals surface area contributed by atoms with Crippen LogP contribution >= 0.6 is 11.3 Å². The van der Waals surface area contributed by atoms with E-state index in [4.69, 9.17) is 0 Å². The number of hydrogen-bond acceptors (Lipinski definition) is 2. The monoisotopic (exact) mass is 280 g/mol. The molecule has 1 aromatic heterocycles. The summed E-state index contributed by atoms with van der Waals surface area (Å²) in [5.41, 5.74) is -0.298. The standard InChI is InChI=1S/C15H14F2OS/c1-15(18,10-2-3-10)11-6-12(16)14(13(17)7-11)9-4-5-19-8-9/h4-8,10,18H,2-3H2,1H3. The molecule has 1 heterocycles. The molecule has 0 bridgehead atoms. The van der Waals surface area contributed by atoms with E-state index in [9.17, 15) is 13.9 Å². The van der Waals surface area contributed by atoms with Crippen LogP contribution in [0.2, 0.25) is 0 Å². The van der Waals surface area contributed by atoms with Crippen LogP contribution in [0.15, 0.2) is 29.0 Å². The Bertz CT molecular complexity index is 578. The van der Waals surface area contributed by atoms with Gasteiger partial charge in [0.25, 0.3) is 0 Å². The lowest BCUT2D eigenvalue weighted by Crippen LogP contribution is -2.24. The van der Waals surface area contributed by atoms with Crippen molar-refractivity contribution in [1.29, 1.82) is 0 Å². The minimum Gasteiger partial charge on any atom is -0.385 e. The van der Waals surface area contributed by atoms with Crippen LogP contribution in [-0.2, 0) is 5.60 Å². The van der Waals surface area contributed by atoms with Gasteiger partial charge >= 0.3 is 0 Å². The molecular formula is C15H14F2OS. The molecule has 1 aliphatic carbocycles. The highest BCUT2D eigenvalue weighted by atomic mass is 32.1. The average molecular weight is 280 g/mol. The zero-order valence-electron chi connectivity index (χ0n) is 10.5. The Hall–Kier alpha value is -1.26. The summed E-state index contributed by atoms with van der Waals surface area (Å²) in [6, 6.07) is 4.20. The summed E-state index contributed by atoms with van der Waals surface area (Å²) >= 11 is 1.39. The number of thiophene rings is 1. The van der Waals surface area contributed by atoms with E-state index in [1.165, 1.54) is 23.5 Å². The zero-order valence-corrected chi connectivity index (χ0v) is 11.3. The van der Waals surface area contributed by atoms with E-state index in [1.54, 1.807) is 23.8 Å². The predicted octanol–water partition coefficient (Wildman–Crippen LogP) is 4.31. The van der Waals surface area contributed by atoms with Crippen LogP contribution in [0.1, 0.15) is 25.3 Å². The Morgan fingerprint density at radius 2 is 1.89 bits per heavy atom. The predicted molar refractivity (Wildman–Crippen MR) is 72.0 cm³/mol. The highest BCUT2D eigenvalue weighted by Crippen LogP contribution is 2.46. The summed E-state index contributed by atoms with van der Waals surface area (Å²) in [7, 11) is 0. The minimum absolute atomic E-state index is 0.0170. The molecular weight excluding hydrogens is 266 g/mol. The number of rotatable bonds is 3. The molecule has 0 saturated heterocycles. The number of hydrogen-bond donors (Lipinski definition) is 1. The van der Waals surface area contributed by atoms with Crippen LogP contribution < -0.4 is 0 Å². The van der Waals surface area contributed by atoms with Gasteiger partial charge in [-0.05, 0) is 65.8 Å². The average Bonchev–Trinajstić information content (AvgIpc) is 3.08. The third-order valence-corrected chi connectivity index (χ3v) is 4.49. The van der Waals surface area contributed by atoms with Crippen molar-refractivity contribution in [3.8, 4) is 11.1 Å². The number of halogens is 2. The van der Waals surface area contributed by atoms with Crippen LogP contribution in [0.3, 0.4) is 0 Å². The molecule has 0 radical (unpaired) electrons. The van der Waals surface area contributed by atoms with Crippen LogP contribution in [0.5, 0.6) is 0 Å². The van der Waals surface area contributed by atoms with Gasteiger partial charge in [0.2, 0.25) is 0 Å². The lowest BCUT2D eigenvalue weighted by Gasteiger charge is -2.24. The maximum Gasteiger partial charge on any atom is 0.134 e. The van der Waals surface area contributed by atoms with Gasteiger partial charge in [-0.1, -0.05) is 0 Å². The Labute approximate surface area is 114 Å². The van der Waals surface area contributed by atoms with Gasteiger partial charge < -0.3 is 5.11 Å². The van der Waals surface area contributed by atoms with E-state index < -0.39 is 17.2 Å². The van der Waals surface area contributed by atoms with Crippen molar-refractivity contribution in [2.24, 2.45) is 5.92 Å². The fourth-order valence-corrected chi connectivity index (χ4v) is 3.08. The molecule has 1 aliphatic rings. The third-order valence-electron chi connectivity index (χ3n) is 3.81. The maximum atomic E-state index is 14.1. The summed E-state index contributed by atoms with van der Waals surface area (Å²) in [5.74, 6) is -1.12.